The number of imidazole rings is 1. The molecule has 0 saturated heterocycles. The van der Waals surface area contributed by atoms with Gasteiger partial charge in [0.15, 0.2) is 0 Å². The average molecular weight is 211 g/mol. The summed E-state index contributed by atoms with van der Waals surface area (Å²) >= 11 is 0. The number of nitrogens with zero attached hydrogens (tertiary/aromatic N) is 2. The predicted octanol–water partition coefficient (Wildman–Crippen LogP) is 2.22. The smallest absolute Gasteiger partial charge is 0.0954 e. The first kappa shape index (κ1) is 9.33. The number of nitrogens with one attached hydrogen (secondary N) is 1. The van der Waals surface area contributed by atoms with E-state index in [0.717, 1.165) is 18.5 Å². The molecule has 1 aliphatic rings. The minimum atomic E-state index is 0.427. The number of hydrogen-bond acceptors (Lipinski definition) is 2. The highest BCUT2D eigenvalue weighted by Gasteiger charge is 2.23. The Morgan fingerprint density at radius 1 is 1.25 bits per heavy atom. The van der Waals surface area contributed by atoms with Crippen LogP contribution in [0, 0.1) is 5.41 Å². The van der Waals surface area contributed by atoms with Gasteiger partial charge in [-0.1, -0.05) is 24.3 Å². The van der Waals surface area contributed by atoms with E-state index in [0.29, 0.717) is 6.04 Å². The van der Waals surface area contributed by atoms with E-state index in [4.69, 9.17) is 5.41 Å². The lowest BCUT2D eigenvalue weighted by Gasteiger charge is -2.12. The van der Waals surface area contributed by atoms with Crippen LogP contribution in [0.1, 0.15) is 22.9 Å². The second-order valence-corrected chi connectivity index (χ2v) is 4.20. The van der Waals surface area contributed by atoms with Crippen LogP contribution >= 0.6 is 0 Å². The van der Waals surface area contributed by atoms with Gasteiger partial charge in [-0.05, 0) is 24.0 Å². The number of aromatic nitrogens is 2. The Kier molecular flexibility index (Phi) is 2.10. The van der Waals surface area contributed by atoms with Crippen molar-refractivity contribution in [3.05, 3.63) is 53.6 Å². The van der Waals surface area contributed by atoms with E-state index in [9.17, 15) is 0 Å². The van der Waals surface area contributed by atoms with E-state index in [1.165, 1.54) is 17.3 Å². The molecule has 1 aromatic carbocycles. The number of fused-ring (bicyclic) bond motifs is 1. The van der Waals surface area contributed by atoms with Gasteiger partial charge in [0.05, 0.1) is 18.2 Å². The fourth-order valence-corrected chi connectivity index (χ4v) is 2.46. The van der Waals surface area contributed by atoms with Crippen LogP contribution in [0.15, 0.2) is 36.8 Å². The number of benzene rings is 1. The SMILES string of the molecule is N=Cc1cncn1C1Cc2ccccc2C1. The highest BCUT2D eigenvalue weighted by molar-refractivity contribution is 5.74. The molecule has 3 heteroatoms. The van der Waals surface area contributed by atoms with Crippen LogP contribution in [0.5, 0.6) is 0 Å². The molecular formula is C13H13N3. The zero-order chi connectivity index (χ0) is 11.0. The molecule has 1 aromatic heterocycles. The number of rotatable bonds is 2. The van der Waals surface area contributed by atoms with Gasteiger partial charge in [-0.3, -0.25) is 0 Å². The van der Waals surface area contributed by atoms with Crippen LogP contribution in [-0.2, 0) is 12.8 Å². The Hall–Kier alpha value is -1.90. The molecule has 0 fully saturated rings. The molecule has 0 atom stereocenters. The van der Waals surface area contributed by atoms with E-state index < -0.39 is 0 Å². The maximum atomic E-state index is 7.34. The molecule has 1 heterocycles. The molecule has 0 amide bonds. The van der Waals surface area contributed by atoms with Crippen LogP contribution in [-0.4, -0.2) is 15.8 Å². The molecule has 0 radical (unpaired) electrons. The van der Waals surface area contributed by atoms with Crippen LogP contribution in [0.4, 0.5) is 0 Å². The average Bonchev–Trinajstić information content (AvgIpc) is 2.94. The third-order valence-corrected chi connectivity index (χ3v) is 3.27. The summed E-state index contributed by atoms with van der Waals surface area (Å²) in [6.07, 6.45) is 7.05. The molecule has 0 spiro atoms. The monoisotopic (exact) mass is 211 g/mol. The molecule has 3 rings (SSSR count). The molecule has 1 aliphatic carbocycles. The van der Waals surface area contributed by atoms with Crippen LogP contribution in [0.25, 0.3) is 0 Å². The largest absolute Gasteiger partial charge is 0.326 e. The van der Waals surface area contributed by atoms with Crippen LogP contribution in [0.2, 0.25) is 0 Å². The van der Waals surface area contributed by atoms with Gasteiger partial charge in [-0.2, -0.15) is 0 Å². The summed E-state index contributed by atoms with van der Waals surface area (Å²) in [6.45, 7) is 0. The van der Waals surface area contributed by atoms with Crippen molar-refractivity contribution < 1.29 is 0 Å². The lowest BCUT2D eigenvalue weighted by atomic mass is 10.1. The minimum Gasteiger partial charge on any atom is -0.326 e. The van der Waals surface area contributed by atoms with Crippen molar-refractivity contribution in [1.82, 2.24) is 9.55 Å². The molecular weight excluding hydrogens is 198 g/mol. The van der Waals surface area contributed by atoms with E-state index in [-0.39, 0.29) is 0 Å². The quantitative estimate of drug-likeness (QED) is 0.760. The Morgan fingerprint density at radius 2 is 1.94 bits per heavy atom. The van der Waals surface area contributed by atoms with Crippen molar-refractivity contribution >= 4 is 6.21 Å². The van der Waals surface area contributed by atoms with Crippen molar-refractivity contribution in [3.8, 4) is 0 Å². The molecule has 1 N–H and O–H groups in total. The lowest BCUT2D eigenvalue weighted by molar-refractivity contribution is 0.526. The maximum absolute atomic E-state index is 7.34. The highest BCUT2D eigenvalue weighted by Crippen LogP contribution is 2.30. The van der Waals surface area contributed by atoms with Crippen molar-refractivity contribution in [2.24, 2.45) is 0 Å². The van der Waals surface area contributed by atoms with Gasteiger partial charge < -0.3 is 9.98 Å². The van der Waals surface area contributed by atoms with Crippen molar-refractivity contribution in [2.45, 2.75) is 18.9 Å². The molecule has 2 aromatic rings. The van der Waals surface area contributed by atoms with Gasteiger partial charge >= 0.3 is 0 Å². The summed E-state index contributed by atoms with van der Waals surface area (Å²) in [7, 11) is 0. The molecule has 0 aliphatic heterocycles. The third kappa shape index (κ3) is 1.36. The van der Waals surface area contributed by atoms with E-state index in [1.807, 2.05) is 6.33 Å². The third-order valence-electron chi connectivity index (χ3n) is 3.27. The van der Waals surface area contributed by atoms with Gasteiger partial charge in [0.1, 0.15) is 0 Å². The standard InChI is InChI=1S/C13H13N3/c14-7-13-8-15-9-16(13)12-5-10-3-1-2-4-11(10)6-12/h1-4,7-9,12,14H,5-6H2. The lowest BCUT2D eigenvalue weighted by Crippen LogP contribution is -2.10. The van der Waals surface area contributed by atoms with E-state index in [1.54, 1.807) is 6.20 Å². The second-order valence-electron chi connectivity index (χ2n) is 4.20. The van der Waals surface area contributed by atoms with Gasteiger partial charge in [0.2, 0.25) is 0 Å². The fourth-order valence-electron chi connectivity index (χ4n) is 2.46. The van der Waals surface area contributed by atoms with Gasteiger partial charge in [-0.25, -0.2) is 4.98 Å². The molecule has 3 nitrogen and oxygen atoms in total. The van der Waals surface area contributed by atoms with Crippen molar-refractivity contribution in [1.29, 1.82) is 5.41 Å². The Bertz CT molecular complexity index is 502. The maximum Gasteiger partial charge on any atom is 0.0954 e. The van der Waals surface area contributed by atoms with Crippen molar-refractivity contribution in [2.75, 3.05) is 0 Å². The normalized spacial score (nSPS) is 15.0. The summed E-state index contributed by atoms with van der Waals surface area (Å²) in [4.78, 5) is 4.11. The summed E-state index contributed by atoms with van der Waals surface area (Å²) in [5.74, 6) is 0. The minimum absolute atomic E-state index is 0.427. The van der Waals surface area contributed by atoms with Crippen molar-refractivity contribution in [3.63, 3.8) is 0 Å². The predicted molar refractivity (Wildman–Crippen MR) is 63.0 cm³/mol. The van der Waals surface area contributed by atoms with Crippen LogP contribution in [0.3, 0.4) is 0 Å². The second kappa shape index (κ2) is 3.59. The highest BCUT2D eigenvalue weighted by atomic mass is 15.1. The molecule has 80 valence electrons. The molecule has 16 heavy (non-hydrogen) atoms. The summed E-state index contributed by atoms with van der Waals surface area (Å²) in [6, 6.07) is 8.99. The first-order valence-corrected chi connectivity index (χ1v) is 5.47. The first-order valence-electron chi connectivity index (χ1n) is 5.47. The van der Waals surface area contributed by atoms with Gasteiger partial charge in [0, 0.05) is 12.3 Å². The van der Waals surface area contributed by atoms with E-state index in [2.05, 4.69) is 33.8 Å². The van der Waals surface area contributed by atoms with Crippen LogP contribution < -0.4 is 0 Å². The first-order chi connectivity index (χ1) is 7.88. The van der Waals surface area contributed by atoms with E-state index >= 15 is 0 Å². The zero-order valence-electron chi connectivity index (χ0n) is 8.93. The Morgan fingerprint density at radius 3 is 2.56 bits per heavy atom. The topological polar surface area (TPSA) is 41.7 Å². The number of hydrogen-bond donors (Lipinski definition) is 1. The fraction of sp³-hybridized carbons (Fsp3) is 0.231. The molecule has 0 saturated carbocycles. The van der Waals surface area contributed by atoms with Gasteiger partial charge in [-0.15, -0.1) is 0 Å². The zero-order valence-corrected chi connectivity index (χ0v) is 8.93. The summed E-state index contributed by atoms with van der Waals surface area (Å²) in [5, 5.41) is 7.34. The summed E-state index contributed by atoms with van der Waals surface area (Å²) < 4.78 is 2.10. The Balaban J connectivity index is 1.94. The summed E-state index contributed by atoms with van der Waals surface area (Å²) in [5.41, 5.74) is 3.74. The molecule has 0 bridgehead atoms. The molecule has 0 unspecified atom stereocenters. The Labute approximate surface area is 94.3 Å². The van der Waals surface area contributed by atoms with Gasteiger partial charge in [0.25, 0.3) is 0 Å².